The van der Waals surface area contributed by atoms with Crippen molar-refractivity contribution in [2.75, 3.05) is 7.11 Å². The highest BCUT2D eigenvalue weighted by molar-refractivity contribution is 6.32. The minimum absolute atomic E-state index is 0.311. The molecule has 2 unspecified atom stereocenters. The molecule has 1 aromatic rings. The summed E-state index contributed by atoms with van der Waals surface area (Å²) in [5, 5.41) is 0.677. The Kier molecular flexibility index (Phi) is 5.79. The number of rotatable bonds is 6. The van der Waals surface area contributed by atoms with E-state index in [-0.39, 0.29) is 0 Å². The molecule has 0 aliphatic rings. The van der Waals surface area contributed by atoms with Crippen molar-refractivity contribution in [1.29, 1.82) is 0 Å². The molecule has 0 aliphatic heterocycles. The third kappa shape index (κ3) is 4.21. The highest BCUT2D eigenvalue weighted by atomic mass is 35.5. The van der Waals surface area contributed by atoms with E-state index in [2.05, 4.69) is 19.9 Å². The second-order valence-corrected chi connectivity index (χ2v) is 4.95. The Hall–Kier alpha value is -0.730. The van der Waals surface area contributed by atoms with Gasteiger partial charge < -0.3 is 10.5 Å². The van der Waals surface area contributed by atoms with Crippen molar-refractivity contribution in [1.82, 2.24) is 0 Å². The summed E-state index contributed by atoms with van der Waals surface area (Å²) in [6, 6.07) is 6.30. The summed E-state index contributed by atoms with van der Waals surface area (Å²) < 4.78 is 5.14. The lowest BCUT2D eigenvalue weighted by atomic mass is 9.94. The lowest BCUT2D eigenvalue weighted by Crippen LogP contribution is -2.18. The van der Waals surface area contributed by atoms with Crippen LogP contribution in [0, 0.1) is 0 Å². The highest BCUT2D eigenvalue weighted by Gasteiger charge is 2.10. The number of nitrogens with two attached hydrogens (primary N) is 1. The van der Waals surface area contributed by atoms with Crippen LogP contribution in [-0.4, -0.2) is 13.2 Å². The van der Waals surface area contributed by atoms with Crippen LogP contribution in [0.3, 0.4) is 0 Å². The lowest BCUT2D eigenvalue weighted by molar-refractivity contribution is 0.414. The maximum absolute atomic E-state index is 6.11. The molecule has 2 N–H and O–H groups in total. The molecule has 3 heteroatoms. The molecule has 0 radical (unpaired) electrons. The van der Waals surface area contributed by atoms with Crippen LogP contribution in [0.25, 0.3) is 0 Å². The second-order valence-electron chi connectivity index (χ2n) is 4.54. The fraction of sp³-hybridized carbons (Fsp3) is 0.571. The van der Waals surface area contributed by atoms with Gasteiger partial charge in [0.15, 0.2) is 0 Å². The van der Waals surface area contributed by atoms with Gasteiger partial charge in [-0.1, -0.05) is 31.5 Å². The van der Waals surface area contributed by atoms with Crippen LogP contribution in [0.1, 0.15) is 44.6 Å². The number of hydrogen-bond acceptors (Lipinski definition) is 2. The summed E-state index contributed by atoms with van der Waals surface area (Å²) in [5.41, 5.74) is 7.18. The average molecular weight is 256 g/mol. The summed E-state index contributed by atoms with van der Waals surface area (Å²) in [7, 11) is 1.63. The predicted octanol–water partition coefficient (Wildman–Crippen LogP) is 3.97. The Morgan fingerprint density at radius 2 is 2.06 bits per heavy atom. The number of methoxy groups -OCH3 is 1. The highest BCUT2D eigenvalue weighted by Crippen LogP contribution is 2.30. The van der Waals surface area contributed by atoms with Crippen LogP contribution in [-0.2, 0) is 0 Å². The molecule has 2 atom stereocenters. The van der Waals surface area contributed by atoms with Crippen molar-refractivity contribution >= 4 is 11.6 Å². The fourth-order valence-electron chi connectivity index (χ4n) is 1.82. The van der Waals surface area contributed by atoms with E-state index in [1.165, 1.54) is 5.56 Å². The van der Waals surface area contributed by atoms with E-state index in [0.29, 0.717) is 17.0 Å². The zero-order chi connectivity index (χ0) is 12.8. The Bertz CT molecular complexity index is 354. The third-order valence-electron chi connectivity index (χ3n) is 3.24. The van der Waals surface area contributed by atoms with Gasteiger partial charge in [-0.15, -0.1) is 0 Å². The third-order valence-corrected chi connectivity index (χ3v) is 3.54. The van der Waals surface area contributed by atoms with Crippen LogP contribution >= 0.6 is 11.6 Å². The first kappa shape index (κ1) is 14.3. The molecular formula is C14H22ClNO. The van der Waals surface area contributed by atoms with Crippen LogP contribution in [0.4, 0.5) is 0 Å². The average Bonchev–Trinajstić information content (AvgIpc) is 2.35. The number of benzene rings is 1. The number of halogens is 1. The van der Waals surface area contributed by atoms with E-state index < -0.39 is 0 Å². The minimum Gasteiger partial charge on any atom is -0.495 e. The zero-order valence-electron chi connectivity index (χ0n) is 10.9. The van der Waals surface area contributed by atoms with E-state index >= 15 is 0 Å². The molecule has 96 valence electrons. The molecule has 0 saturated carbocycles. The number of hydrogen-bond donors (Lipinski definition) is 1. The Labute approximate surface area is 109 Å². The van der Waals surface area contributed by atoms with Crippen molar-refractivity contribution in [3.63, 3.8) is 0 Å². The molecule has 0 aromatic heterocycles. The molecule has 0 saturated heterocycles. The maximum atomic E-state index is 6.11. The van der Waals surface area contributed by atoms with E-state index in [9.17, 15) is 0 Å². The fourth-order valence-corrected chi connectivity index (χ4v) is 2.09. The summed E-state index contributed by atoms with van der Waals surface area (Å²) >= 11 is 6.11. The van der Waals surface area contributed by atoms with Gasteiger partial charge in [0.1, 0.15) is 5.75 Å². The molecule has 1 rings (SSSR count). The molecule has 1 aromatic carbocycles. The van der Waals surface area contributed by atoms with Crippen molar-refractivity contribution in [3.8, 4) is 5.75 Å². The van der Waals surface area contributed by atoms with Crippen molar-refractivity contribution in [2.45, 2.75) is 45.1 Å². The first-order valence-corrected chi connectivity index (χ1v) is 6.55. The van der Waals surface area contributed by atoms with Crippen LogP contribution in [0.15, 0.2) is 18.2 Å². The normalized spacial score (nSPS) is 14.4. The Morgan fingerprint density at radius 3 is 2.59 bits per heavy atom. The van der Waals surface area contributed by atoms with Gasteiger partial charge in [-0.25, -0.2) is 0 Å². The first-order valence-electron chi connectivity index (χ1n) is 6.17. The quantitative estimate of drug-likeness (QED) is 0.835. The number of ether oxygens (including phenoxy) is 1. The van der Waals surface area contributed by atoms with Crippen molar-refractivity contribution in [2.24, 2.45) is 5.73 Å². The molecule has 2 nitrogen and oxygen atoms in total. The van der Waals surface area contributed by atoms with Gasteiger partial charge >= 0.3 is 0 Å². The smallest absolute Gasteiger partial charge is 0.137 e. The predicted molar refractivity (Wildman–Crippen MR) is 73.9 cm³/mol. The topological polar surface area (TPSA) is 35.2 Å². The van der Waals surface area contributed by atoms with E-state index in [1.54, 1.807) is 7.11 Å². The molecular weight excluding hydrogens is 234 g/mol. The van der Waals surface area contributed by atoms with Gasteiger partial charge in [0.2, 0.25) is 0 Å². The largest absolute Gasteiger partial charge is 0.495 e. The standard InChI is InChI=1S/C14H22ClNO/c1-4-12(16)7-5-10(2)11-6-8-14(17-3)13(15)9-11/h6,8-10,12H,4-5,7,16H2,1-3H3. The van der Waals surface area contributed by atoms with Crippen LogP contribution < -0.4 is 10.5 Å². The van der Waals surface area contributed by atoms with Gasteiger partial charge in [-0.05, 0) is 42.9 Å². The van der Waals surface area contributed by atoms with Gasteiger partial charge in [-0.2, -0.15) is 0 Å². The Balaban J connectivity index is 2.63. The van der Waals surface area contributed by atoms with Gasteiger partial charge in [0, 0.05) is 6.04 Å². The minimum atomic E-state index is 0.311. The van der Waals surface area contributed by atoms with Crippen LogP contribution in [0.2, 0.25) is 5.02 Å². The lowest BCUT2D eigenvalue weighted by Gasteiger charge is -2.15. The molecule has 0 aliphatic carbocycles. The van der Waals surface area contributed by atoms with Gasteiger partial charge in [0.25, 0.3) is 0 Å². The van der Waals surface area contributed by atoms with E-state index in [4.69, 9.17) is 22.1 Å². The van der Waals surface area contributed by atoms with Gasteiger partial charge in [-0.3, -0.25) is 0 Å². The molecule has 0 heterocycles. The monoisotopic (exact) mass is 255 g/mol. The van der Waals surface area contributed by atoms with E-state index in [0.717, 1.165) is 25.0 Å². The maximum Gasteiger partial charge on any atom is 0.137 e. The molecule has 17 heavy (non-hydrogen) atoms. The summed E-state index contributed by atoms with van der Waals surface area (Å²) in [6.45, 7) is 4.33. The summed E-state index contributed by atoms with van der Waals surface area (Å²) in [6.07, 6.45) is 3.19. The van der Waals surface area contributed by atoms with Gasteiger partial charge in [0.05, 0.1) is 12.1 Å². The molecule has 0 bridgehead atoms. The first-order chi connectivity index (χ1) is 8.08. The zero-order valence-corrected chi connectivity index (χ0v) is 11.6. The molecule has 0 fully saturated rings. The molecule has 0 spiro atoms. The summed E-state index contributed by atoms with van der Waals surface area (Å²) in [4.78, 5) is 0. The van der Waals surface area contributed by atoms with Crippen molar-refractivity contribution < 1.29 is 4.74 Å². The van der Waals surface area contributed by atoms with Crippen molar-refractivity contribution in [3.05, 3.63) is 28.8 Å². The van der Waals surface area contributed by atoms with Crippen LogP contribution in [0.5, 0.6) is 5.75 Å². The Morgan fingerprint density at radius 1 is 1.35 bits per heavy atom. The van der Waals surface area contributed by atoms with E-state index in [1.807, 2.05) is 12.1 Å². The SMILES string of the molecule is CCC(N)CCC(C)c1ccc(OC)c(Cl)c1. The second kappa shape index (κ2) is 6.87. The summed E-state index contributed by atoms with van der Waals surface area (Å²) in [5.74, 6) is 1.21. The molecule has 0 amide bonds.